The fourth-order valence-electron chi connectivity index (χ4n) is 2.93. The number of carbonyl (C=O) groups is 2. The minimum Gasteiger partial charge on any atom is -0.461 e. The minimum absolute atomic E-state index is 0.168. The van der Waals surface area contributed by atoms with E-state index in [1.54, 1.807) is 17.9 Å². The third kappa shape index (κ3) is 3.99. The molecule has 132 valence electrons. The Hall–Kier alpha value is -2.83. The predicted octanol–water partition coefficient (Wildman–Crippen LogP) is 3.06. The summed E-state index contributed by atoms with van der Waals surface area (Å²) in [6, 6.07) is 11.0. The zero-order valence-corrected chi connectivity index (χ0v) is 14.1. The molecule has 7 heteroatoms. The second kappa shape index (κ2) is 7.83. The van der Waals surface area contributed by atoms with Crippen molar-refractivity contribution in [2.45, 2.75) is 32.4 Å². The van der Waals surface area contributed by atoms with Gasteiger partial charge in [-0.2, -0.15) is 5.10 Å². The number of aromatic amines is 1. The van der Waals surface area contributed by atoms with Gasteiger partial charge >= 0.3 is 12.1 Å². The number of amides is 1. The van der Waals surface area contributed by atoms with Crippen molar-refractivity contribution in [1.82, 2.24) is 15.1 Å². The van der Waals surface area contributed by atoms with Crippen molar-refractivity contribution in [3.05, 3.63) is 53.3 Å². The van der Waals surface area contributed by atoms with E-state index in [4.69, 9.17) is 9.47 Å². The van der Waals surface area contributed by atoms with Crippen LogP contribution in [0.3, 0.4) is 0 Å². The van der Waals surface area contributed by atoms with Crippen LogP contribution in [-0.4, -0.2) is 40.3 Å². The summed E-state index contributed by atoms with van der Waals surface area (Å²) in [5.74, 6) is -0.471. The van der Waals surface area contributed by atoms with Crippen molar-refractivity contribution in [2.24, 2.45) is 0 Å². The first-order valence-electron chi connectivity index (χ1n) is 8.38. The van der Waals surface area contributed by atoms with Gasteiger partial charge in [0.05, 0.1) is 18.3 Å². The molecule has 3 rings (SSSR count). The third-order valence-corrected chi connectivity index (χ3v) is 4.13. The summed E-state index contributed by atoms with van der Waals surface area (Å²) in [5, 5.41) is 6.83. The molecular formula is C18H21N3O4. The molecule has 1 fully saturated rings. The van der Waals surface area contributed by atoms with E-state index < -0.39 is 5.97 Å². The fourth-order valence-corrected chi connectivity index (χ4v) is 2.93. The largest absolute Gasteiger partial charge is 0.461 e. The Labute approximate surface area is 145 Å². The highest BCUT2D eigenvalue weighted by atomic mass is 16.6. The number of rotatable bonds is 5. The average molecular weight is 343 g/mol. The molecule has 0 spiro atoms. The van der Waals surface area contributed by atoms with Crippen LogP contribution in [0.2, 0.25) is 0 Å². The van der Waals surface area contributed by atoms with E-state index in [1.165, 1.54) is 0 Å². The lowest BCUT2D eigenvalue weighted by atomic mass is 10.1. The summed E-state index contributed by atoms with van der Waals surface area (Å²) < 4.78 is 10.4. The molecule has 0 aliphatic carbocycles. The number of aromatic nitrogens is 2. The molecule has 7 nitrogen and oxygen atoms in total. The minimum atomic E-state index is -0.471. The normalized spacial score (nSPS) is 16.7. The molecule has 1 aromatic heterocycles. The lowest BCUT2D eigenvalue weighted by Gasteiger charge is -2.23. The van der Waals surface area contributed by atoms with E-state index in [-0.39, 0.29) is 24.4 Å². The molecular weight excluding hydrogens is 322 g/mol. The van der Waals surface area contributed by atoms with Gasteiger partial charge in [-0.15, -0.1) is 0 Å². The van der Waals surface area contributed by atoms with Crippen LogP contribution in [0.25, 0.3) is 0 Å². The maximum atomic E-state index is 12.4. The summed E-state index contributed by atoms with van der Waals surface area (Å²) in [7, 11) is 0. The summed E-state index contributed by atoms with van der Waals surface area (Å²) in [5.41, 5.74) is 1.89. The molecule has 2 heterocycles. The number of H-pyrrole nitrogens is 1. The summed E-state index contributed by atoms with van der Waals surface area (Å²) in [6.45, 7) is 2.89. The summed E-state index contributed by atoms with van der Waals surface area (Å²) >= 11 is 0. The number of hydrogen-bond acceptors (Lipinski definition) is 5. The molecule has 1 saturated heterocycles. The maximum absolute atomic E-state index is 12.4. The highest BCUT2D eigenvalue weighted by Gasteiger charge is 2.33. The number of nitrogens with zero attached hydrogens (tertiary/aromatic N) is 2. The van der Waals surface area contributed by atoms with Gasteiger partial charge in [0.15, 0.2) is 5.69 Å². The van der Waals surface area contributed by atoms with Crippen LogP contribution < -0.4 is 0 Å². The Morgan fingerprint density at radius 2 is 2.08 bits per heavy atom. The van der Waals surface area contributed by atoms with Crippen molar-refractivity contribution >= 4 is 12.1 Å². The molecule has 0 unspecified atom stereocenters. The van der Waals surface area contributed by atoms with Crippen LogP contribution in [0.15, 0.2) is 36.4 Å². The standard InChI is InChI=1S/C18H21N3O4/c1-2-24-17(22)15-11-14(19-20-15)16-9-6-10-21(16)18(23)25-12-13-7-4-3-5-8-13/h3-5,7-8,11,16H,2,6,9-10,12H2,1H3,(H,19,20)/t16-/m1/s1. The van der Waals surface area contributed by atoms with Crippen molar-refractivity contribution in [3.63, 3.8) is 0 Å². The second-order valence-corrected chi connectivity index (χ2v) is 5.82. The molecule has 0 bridgehead atoms. The highest BCUT2D eigenvalue weighted by molar-refractivity contribution is 5.87. The van der Waals surface area contributed by atoms with E-state index >= 15 is 0 Å². The van der Waals surface area contributed by atoms with Gasteiger partial charge in [-0.25, -0.2) is 9.59 Å². The monoisotopic (exact) mass is 343 g/mol. The van der Waals surface area contributed by atoms with E-state index in [0.717, 1.165) is 24.1 Å². The van der Waals surface area contributed by atoms with Crippen LogP contribution in [0.4, 0.5) is 4.79 Å². The SMILES string of the molecule is CCOC(=O)c1cc([C@H]2CCCN2C(=O)OCc2ccccc2)[nH]n1. The maximum Gasteiger partial charge on any atom is 0.410 e. The van der Waals surface area contributed by atoms with Crippen LogP contribution in [0.5, 0.6) is 0 Å². The fraction of sp³-hybridized carbons (Fsp3) is 0.389. The van der Waals surface area contributed by atoms with Gasteiger partial charge in [-0.05, 0) is 31.4 Å². The molecule has 1 N–H and O–H groups in total. The molecule has 25 heavy (non-hydrogen) atoms. The molecule has 1 aliphatic heterocycles. The topological polar surface area (TPSA) is 84.5 Å². The van der Waals surface area contributed by atoms with E-state index in [9.17, 15) is 9.59 Å². The van der Waals surface area contributed by atoms with Gasteiger partial charge in [0.2, 0.25) is 0 Å². The van der Waals surface area contributed by atoms with E-state index in [2.05, 4.69) is 10.2 Å². The average Bonchev–Trinajstić information content (AvgIpc) is 3.29. The quantitative estimate of drug-likeness (QED) is 0.844. The van der Waals surface area contributed by atoms with E-state index in [1.807, 2.05) is 30.3 Å². The first-order chi connectivity index (χ1) is 12.2. The van der Waals surface area contributed by atoms with Gasteiger partial charge in [0.25, 0.3) is 0 Å². The number of hydrogen-bond donors (Lipinski definition) is 1. The van der Waals surface area contributed by atoms with Gasteiger partial charge in [0.1, 0.15) is 6.61 Å². The van der Waals surface area contributed by atoms with Gasteiger partial charge in [-0.1, -0.05) is 30.3 Å². The van der Waals surface area contributed by atoms with Crippen LogP contribution in [0, 0.1) is 0 Å². The van der Waals surface area contributed by atoms with Gasteiger partial charge < -0.3 is 9.47 Å². The Kier molecular flexibility index (Phi) is 5.33. The lowest BCUT2D eigenvalue weighted by molar-refractivity contribution is 0.0519. The predicted molar refractivity (Wildman–Crippen MR) is 89.9 cm³/mol. The lowest BCUT2D eigenvalue weighted by Crippen LogP contribution is -2.31. The molecule has 1 aromatic carbocycles. The first kappa shape index (κ1) is 17.0. The zero-order chi connectivity index (χ0) is 17.6. The second-order valence-electron chi connectivity index (χ2n) is 5.82. The molecule has 1 amide bonds. The van der Waals surface area contributed by atoms with Gasteiger partial charge in [0, 0.05) is 6.54 Å². The van der Waals surface area contributed by atoms with Crippen molar-refractivity contribution < 1.29 is 19.1 Å². The highest BCUT2D eigenvalue weighted by Crippen LogP contribution is 2.31. The smallest absolute Gasteiger partial charge is 0.410 e. The molecule has 1 aliphatic rings. The molecule has 2 aromatic rings. The number of likely N-dealkylation sites (tertiary alicyclic amines) is 1. The molecule has 1 atom stereocenters. The molecule has 0 saturated carbocycles. The van der Waals surface area contributed by atoms with E-state index in [0.29, 0.717) is 13.2 Å². The van der Waals surface area contributed by atoms with Crippen LogP contribution >= 0.6 is 0 Å². The Morgan fingerprint density at radius 3 is 2.84 bits per heavy atom. The Morgan fingerprint density at radius 1 is 1.28 bits per heavy atom. The number of ether oxygens (including phenoxy) is 2. The van der Waals surface area contributed by atoms with Gasteiger partial charge in [-0.3, -0.25) is 10.00 Å². The molecule has 0 radical (unpaired) electrons. The van der Waals surface area contributed by atoms with Crippen molar-refractivity contribution in [2.75, 3.05) is 13.2 Å². The van der Waals surface area contributed by atoms with Crippen molar-refractivity contribution in [1.29, 1.82) is 0 Å². The first-order valence-corrected chi connectivity index (χ1v) is 8.38. The summed E-state index contributed by atoms with van der Waals surface area (Å²) in [4.78, 5) is 25.8. The Balaban J connectivity index is 1.64. The number of carbonyl (C=O) groups excluding carboxylic acids is 2. The zero-order valence-electron chi connectivity index (χ0n) is 14.1. The number of esters is 1. The third-order valence-electron chi connectivity index (χ3n) is 4.13. The van der Waals surface area contributed by atoms with Crippen LogP contribution in [0.1, 0.15) is 47.6 Å². The Bertz CT molecular complexity index is 729. The summed E-state index contributed by atoms with van der Waals surface area (Å²) in [6.07, 6.45) is 1.31. The number of nitrogens with one attached hydrogen (secondary N) is 1. The number of benzene rings is 1. The van der Waals surface area contributed by atoms with Crippen molar-refractivity contribution in [3.8, 4) is 0 Å². The van der Waals surface area contributed by atoms with Crippen LogP contribution in [-0.2, 0) is 16.1 Å².